The van der Waals surface area contributed by atoms with E-state index in [4.69, 9.17) is 16.7 Å². The van der Waals surface area contributed by atoms with Crippen molar-refractivity contribution in [2.24, 2.45) is 0 Å². The van der Waals surface area contributed by atoms with Gasteiger partial charge in [-0.25, -0.2) is 18.2 Å². The van der Waals surface area contributed by atoms with Crippen molar-refractivity contribution >= 4 is 44.3 Å². The van der Waals surface area contributed by atoms with E-state index >= 15 is 0 Å². The molecule has 19 heavy (non-hydrogen) atoms. The Hall–Kier alpha value is -1.71. The summed E-state index contributed by atoms with van der Waals surface area (Å²) in [4.78, 5) is 14.3. The zero-order chi connectivity index (χ0) is 14.0. The second kappa shape index (κ2) is 5.11. The summed E-state index contributed by atoms with van der Waals surface area (Å²) in [5.74, 6) is -1.23. The van der Waals surface area contributed by atoms with Crippen LogP contribution in [0, 0.1) is 0 Å². The molecular formula is C9H6ClN3O4S2. The molecule has 0 unspecified atom stereocenters. The van der Waals surface area contributed by atoms with Gasteiger partial charge in [0.05, 0.1) is 15.5 Å². The van der Waals surface area contributed by atoms with Gasteiger partial charge in [-0.15, -0.1) is 0 Å². The standard InChI is InChI=1S/C9H6ClN3O4S2/c10-7-3-5(1-2-6(7)8(14)15)19(16,17)13-9-11-4-12-18-9/h1-4H,(H,14,15)(H,11,12,13). The summed E-state index contributed by atoms with van der Waals surface area (Å²) in [5, 5.41) is 8.75. The number of benzene rings is 1. The van der Waals surface area contributed by atoms with Crippen molar-refractivity contribution < 1.29 is 18.3 Å². The Labute approximate surface area is 117 Å². The van der Waals surface area contributed by atoms with Gasteiger partial charge < -0.3 is 5.11 Å². The predicted octanol–water partition coefficient (Wildman–Crippen LogP) is 1.69. The molecule has 2 aromatic rings. The van der Waals surface area contributed by atoms with Crippen molar-refractivity contribution in [1.29, 1.82) is 0 Å². The minimum atomic E-state index is -3.87. The number of hydrogen-bond donors (Lipinski definition) is 2. The number of carboxylic acid groups (broad SMARTS) is 1. The number of aromatic carboxylic acids is 1. The summed E-state index contributed by atoms with van der Waals surface area (Å²) in [5.41, 5.74) is -0.170. The van der Waals surface area contributed by atoms with Crippen LogP contribution in [-0.2, 0) is 10.0 Å². The van der Waals surface area contributed by atoms with Crippen LogP contribution in [0.5, 0.6) is 0 Å². The largest absolute Gasteiger partial charge is 0.478 e. The maximum atomic E-state index is 12.0. The molecule has 0 radical (unpaired) electrons. The fraction of sp³-hybridized carbons (Fsp3) is 0. The van der Waals surface area contributed by atoms with Crippen molar-refractivity contribution in [2.45, 2.75) is 4.90 Å². The first-order valence-corrected chi connectivity index (χ1v) is 7.36. The maximum absolute atomic E-state index is 12.0. The Morgan fingerprint density at radius 3 is 2.68 bits per heavy atom. The fourth-order valence-corrected chi connectivity index (χ4v) is 3.24. The number of nitrogens with zero attached hydrogens (tertiary/aromatic N) is 2. The Morgan fingerprint density at radius 1 is 1.42 bits per heavy atom. The van der Waals surface area contributed by atoms with Crippen LogP contribution in [0.3, 0.4) is 0 Å². The highest BCUT2D eigenvalue weighted by Crippen LogP contribution is 2.23. The second-order valence-corrected chi connectivity index (χ2v) is 6.17. The zero-order valence-electron chi connectivity index (χ0n) is 9.07. The van der Waals surface area contributed by atoms with Crippen molar-refractivity contribution in [2.75, 3.05) is 4.72 Å². The molecule has 7 nitrogen and oxygen atoms in total. The van der Waals surface area contributed by atoms with Gasteiger partial charge in [0.25, 0.3) is 10.0 Å². The van der Waals surface area contributed by atoms with Crippen LogP contribution in [0.1, 0.15) is 10.4 Å². The lowest BCUT2D eigenvalue weighted by molar-refractivity contribution is 0.0697. The number of nitrogens with one attached hydrogen (secondary N) is 1. The van der Waals surface area contributed by atoms with Crippen LogP contribution in [0.4, 0.5) is 5.13 Å². The summed E-state index contributed by atoms with van der Waals surface area (Å²) >= 11 is 6.59. The lowest BCUT2D eigenvalue weighted by Gasteiger charge is -2.06. The average Bonchev–Trinajstić information content (AvgIpc) is 2.80. The predicted molar refractivity (Wildman–Crippen MR) is 69.1 cm³/mol. The molecule has 0 saturated carbocycles. The van der Waals surface area contributed by atoms with E-state index in [1.54, 1.807) is 0 Å². The molecule has 2 N–H and O–H groups in total. The molecule has 0 bridgehead atoms. The molecule has 0 aliphatic heterocycles. The molecular weight excluding hydrogens is 314 g/mol. The molecule has 0 aliphatic rings. The number of anilines is 1. The number of aromatic nitrogens is 2. The summed E-state index contributed by atoms with van der Waals surface area (Å²) in [6, 6.07) is 3.34. The van der Waals surface area contributed by atoms with Crippen molar-refractivity contribution in [3.8, 4) is 0 Å². The van der Waals surface area contributed by atoms with Gasteiger partial charge in [-0.1, -0.05) is 11.6 Å². The highest BCUT2D eigenvalue weighted by atomic mass is 35.5. The summed E-state index contributed by atoms with van der Waals surface area (Å²) in [6.07, 6.45) is 1.21. The molecule has 0 fully saturated rings. The third kappa shape index (κ3) is 3.00. The number of halogens is 1. The first-order chi connectivity index (χ1) is 8.90. The van der Waals surface area contributed by atoms with Crippen LogP contribution in [-0.4, -0.2) is 28.9 Å². The van der Waals surface area contributed by atoms with Gasteiger partial charge in [0.15, 0.2) is 0 Å². The topological polar surface area (TPSA) is 109 Å². The fourth-order valence-electron chi connectivity index (χ4n) is 1.23. The van der Waals surface area contributed by atoms with E-state index in [0.717, 1.165) is 29.7 Å². The number of carbonyl (C=O) groups is 1. The molecule has 0 amide bonds. The number of sulfonamides is 1. The molecule has 0 aliphatic carbocycles. The molecule has 0 atom stereocenters. The van der Waals surface area contributed by atoms with Crippen LogP contribution in [0.2, 0.25) is 5.02 Å². The Morgan fingerprint density at radius 2 is 2.16 bits per heavy atom. The van der Waals surface area contributed by atoms with E-state index in [1.807, 2.05) is 0 Å². The zero-order valence-corrected chi connectivity index (χ0v) is 11.5. The van der Waals surface area contributed by atoms with E-state index in [1.165, 1.54) is 6.33 Å². The van der Waals surface area contributed by atoms with E-state index in [-0.39, 0.29) is 20.6 Å². The Balaban J connectivity index is 2.36. The average molecular weight is 320 g/mol. The maximum Gasteiger partial charge on any atom is 0.337 e. The lowest BCUT2D eigenvalue weighted by atomic mass is 10.2. The molecule has 0 saturated heterocycles. The summed E-state index contributed by atoms with van der Waals surface area (Å²) in [7, 11) is -3.87. The van der Waals surface area contributed by atoms with E-state index in [0.29, 0.717) is 0 Å². The highest BCUT2D eigenvalue weighted by Gasteiger charge is 2.18. The molecule has 1 aromatic heterocycles. The molecule has 0 spiro atoms. The first kappa shape index (κ1) is 13.7. The smallest absolute Gasteiger partial charge is 0.337 e. The lowest BCUT2D eigenvalue weighted by Crippen LogP contribution is -2.13. The first-order valence-electron chi connectivity index (χ1n) is 4.72. The third-order valence-electron chi connectivity index (χ3n) is 2.06. The number of rotatable bonds is 4. The van der Waals surface area contributed by atoms with Gasteiger partial charge in [-0.3, -0.25) is 4.72 Å². The van der Waals surface area contributed by atoms with E-state index < -0.39 is 16.0 Å². The highest BCUT2D eigenvalue weighted by molar-refractivity contribution is 7.93. The Bertz CT molecular complexity index is 715. The van der Waals surface area contributed by atoms with Gasteiger partial charge in [-0.2, -0.15) is 4.37 Å². The molecule has 2 rings (SSSR count). The van der Waals surface area contributed by atoms with E-state index in [2.05, 4.69) is 14.1 Å². The van der Waals surface area contributed by atoms with Crippen molar-refractivity contribution in [3.05, 3.63) is 35.1 Å². The van der Waals surface area contributed by atoms with Crippen molar-refractivity contribution in [1.82, 2.24) is 9.36 Å². The SMILES string of the molecule is O=C(O)c1ccc(S(=O)(=O)Nc2ncns2)cc1Cl. The molecule has 100 valence electrons. The molecule has 10 heteroatoms. The van der Waals surface area contributed by atoms with Crippen LogP contribution in [0.15, 0.2) is 29.4 Å². The van der Waals surface area contributed by atoms with Gasteiger partial charge in [0.2, 0.25) is 5.13 Å². The monoisotopic (exact) mass is 319 g/mol. The minimum absolute atomic E-state index is 0.110. The minimum Gasteiger partial charge on any atom is -0.478 e. The quantitative estimate of drug-likeness (QED) is 0.887. The summed E-state index contributed by atoms with van der Waals surface area (Å²) < 4.78 is 29.8. The van der Waals surface area contributed by atoms with Crippen LogP contribution < -0.4 is 4.72 Å². The second-order valence-electron chi connectivity index (χ2n) is 3.30. The van der Waals surface area contributed by atoms with Crippen molar-refractivity contribution in [3.63, 3.8) is 0 Å². The van der Waals surface area contributed by atoms with Gasteiger partial charge in [-0.05, 0) is 18.2 Å². The third-order valence-corrected chi connectivity index (χ3v) is 4.42. The Kier molecular flexibility index (Phi) is 3.69. The van der Waals surface area contributed by atoms with E-state index in [9.17, 15) is 13.2 Å². The molecule has 1 aromatic carbocycles. The van der Waals surface area contributed by atoms with Crippen LogP contribution in [0.25, 0.3) is 0 Å². The number of carboxylic acids is 1. The number of hydrogen-bond acceptors (Lipinski definition) is 6. The van der Waals surface area contributed by atoms with Crippen LogP contribution >= 0.6 is 23.1 Å². The summed E-state index contributed by atoms with van der Waals surface area (Å²) in [6.45, 7) is 0. The normalized spacial score (nSPS) is 11.2. The van der Waals surface area contributed by atoms with Gasteiger partial charge >= 0.3 is 5.97 Å². The van der Waals surface area contributed by atoms with Gasteiger partial charge in [0, 0.05) is 11.5 Å². The van der Waals surface area contributed by atoms with Gasteiger partial charge in [0.1, 0.15) is 6.33 Å². The molecule has 1 heterocycles.